The van der Waals surface area contributed by atoms with Crippen molar-refractivity contribution in [2.45, 2.75) is 32.4 Å². The minimum Gasteiger partial charge on any atom is -0.377 e. The minimum absolute atomic E-state index is 0.190. The number of amides is 1. The molecule has 2 rings (SSSR count). The fourth-order valence-electron chi connectivity index (χ4n) is 2.39. The molecule has 1 fully saturated rings. The van der Waals surface area contributed by atoms with Crippen molar-refractivity contribution in [3.63, 3.8) is 0 Å². The Balaban J connectivity index is 1.98. The Labute approximate surface area is 114 Å². The van der Waals surface area contributed by atoms with Crippen molar-refractivity contribution in [3.05, 3.63) is 35.4 Å². The van der Waals surface area contributed by atoms with E-state index in [1.807, 2.05) is 29.2 Å². The SMILES string of the molecule is CCC1COCCN1C(=O)Cc1ccc(CN)cc1. The maximum absolute atomic E-state index is 12.3. The zero-order valence-electron chi connectivity index (χ0n) is 11.5. The average molecular weight is 262 g/mol. The molecule has 1 aliphatic heterocycles. The second-order valence-electron chi connectivity index (χ2n) is 4.92. The smallest absolute Gasteiger partial charge is 0.227 e. The lowest BCUT2D eigenvalue weighted by atomic mass is 10.1. The molecule has 0 aromatic heterocycles. The third-order valence-corrected chi connectivity index (χ3v) is 3.63. The summed E-state index contributed by atoms with van der Waals surface area (Å²) in [4.78, 5) is 14.3. The average Bonchev–Trinajstić information content (AvgIpc) is 2.48. The third kappa shape index (κ3) is 3.55. The van der Waals surface area contributed by atoms with E-state index in [2.05, 4.69) is 6.92 Å². The van der Waals surface area contributed by atoms with E-state index in [9.17, 15) is 4.79 Å². The van der Waals surface area contributed by atoms with Crippen molar-refractivity contribution in [1.82, 2.24) is 4.90 Å². The van der Waals surface area contributed by atoms with Crippen molar-refractivity contribution in [2.75, 3.05) is 19.8 Å². The Bertz CT molecular complexity index is 417. The van der Waals surface area contributed by atoms with Gasteiger partial charge < -0.3 is 15.4 Å². The molecule has 0 aliphatic carbocycles. The standard InChI is InChI=1S/C15H22N2O2/c1-2-14-11-19-8-7-17(14)15(18)9-12-3-5-13(10-16)6-4-12/h3-6,14H,2,7-11,16H2,1H3. The molecule has 0 radical (unpaired) electrons. The summed E-state index contributed by atoms with van der Waals surface area (Å²) in [6.07, 6.45) is 1.40. The van der Waals surface area contributed by atoms with Crippen LogP contribution in [0, 0.1) is 0 Å². The van der Waals surface area contributed by atoms with E-state index in [0.29, 0.717) is 32.7 Å². The lowest BCUT2D eigenvalue weighted by molar-refractivity contribution is -0.139. The van der Waals surface area contributed by atoms with Gasteiger partial charge in [-0.2, -0.15) is 0 Å². The molecule has 1 aromatic rings. The van der Waals surface area contributed by atoms with Gasteiger partial charge >= 0.3 is 0 Å². The van der Waals surface area contributed by atoms with Crippen LogP contribution in [0.4, 0.5) is 0 Å². The zero-order valence-corrected chi connectivity index (χ0v) is 11.5. The van der Waals surface area contributed by atoms with Crippen molar-refractivity contribution in [3.8, 4) is 0 Å². The highest BCUT2D eigenvalue weighted by molar-refractivity contribution is 5.79. The first kappa shape index (κ1) is 14.0. The van der Waals surface area contributed by atoms with Crippen LogP contribution in [0.5, 0.6) is 0 Å². The maximum atomic E-state index is 12.3. The first-order valence-corrected chi connectivity index (χ1v) is 6.89. The molecule has 1 atom stereocenters. The lowest BCUT2D eigenvalue weighted by Gasteiger charge is -2.35. The Hall–Kier alpha value is -1.39. The molecule has 1 saturated heterocycles. The summed E-state index contributed by atoms with van der Waals surface area (Å²) in [5, 5.41) is 0. The fraction of sp³-hybridized carbons (Fsp3) is 0.533. The van der Waals surface area contributed by atoms with E-state index in [1.165, 1.54) is 0 Å². The molecule has 19 heavy (non-hydrogen) atoms. The van der Waals surface area contributed by atoms with Gasteiger partial charge in [-0.05, 0) is 17.5 Å². The van der Waals surface area contributed by atoms with Gasteiger partial charge in [0.05, 0.1) is 25.7 Å². The molecule has 4 nitrogen and oxygen atoms in total. The van der Waals surface area contributed by atoms with Crippen molar-refractivity contribution in [1.29, 1.82) is 0 Å². The van der Waals surface area contributed by atoms with Crippen LogP contribution < -0.4 is 5.73 Å². The van der Waals surface area contributed by atoms with Crippen LogP contribution >= 0.6 is 0 Å². The van der Waals surface area contributed by atoms with Gasteiger partial charge in [-0.1, -0.05) is 31.2 Å². The van der Waals surface area contributed by atoms with Gasteiger partial charge in [0.15, 0.2) is 0 Å². The van der Waals surface area contributed by atoms with Gasteiger partial charge in [0, 0.05) is 13.1 Å². The first-order valence-electron chi connectivity index (χ1n) is 6.89. The van der Waals surface area contributed by atoms with E-state index < -0.39 is 0 Å². The van der Waals surface area contributed by atoms with Crippen LogP contribution in [0.1, 0.15) is 24.5 Å². The van der Waals surface area contributed by atoms with E-state index in [1.54, 1.807) is 0 Å². The fourth-order valence-corrected chi connectivity index (χ4v) is 2.39. The number of hydrogen-bond acceptors (Lipinski definition) is 3. The maximum Gasteiger partial charge on any atom is 0.227 e. The molecular weight excluding hydrogens is 240 g/mol. The van der Waals surface area contributed by atoms with Crippen LogP contribution in [-0.2, 0) is 22.5 Å². The molecule has 0 bridgehead atoms. The summed E-state index contributed by atoms with van der Waals surface area (Å²) >= 11 is 0. The highest BCUT2D eigenvalue weighted by Crippen LogP contribution is 2.13. The first-order chi connectivity index (χ1) is 9.24. The molecule has 1 aliphatic rings. The Kier molecular flexibility index (Phi) is 4.93. The molecule has 1 unspecified atom stereocenters. The number of nitrogens with two attached hydrogens (primary N) is 1. The predicted molar refractivity (Wildman–Crippen MR) is 74.6 cm³/mol. The monoisotopic (exact) mass is 262 g/mol. The number of carbonyl (C=O) groups excluding carboxylic acids is 1. The quantitative estimate of drug-likeness (QED) is 0.890. The Morgan fingerprint density at radius 2 is 2.05 bits per heavy atom. The lowest BCUT2D eigenvalue weighted by Crippen LogP contribution is -2.48. The van der Waals surface area contributed by atoms with Crippen molar-refractivity contribution < 1.29 is 9.53 Å². The van der Waals surface area contributed by atoms with E-state index in [0.717, 1.165) is 17.5 Å². The van der Waals surface area contributed by atoms with Gasteiger partial charge in [0.1, 0.15) is 0 Å². The topological polar surface area (TPSA) is 55.6 Å². The molecule has 1 aromatic carbocycles. The largest absolute Gasteiger partial charge is 0.377 e. The molecule has 0 saturated carbocycles. The minimum atomic E-state index is 0.190. The number of benzene rings is 1. The summed E-state index contributed by atoms with van der Waals surface area (Å²) in [6.45, 7) is 4.65. The van der Waals surface area contributed by atoms with Crippen LogP contribution in [0.25, 0.3) is 0 Å². The summed E-state index contributed by atoms with van der Waals surface area (Å²) < 4.78 is 5.43. The van der Waals surface area contributed by atoms with Gasteiger partial charge in [0.2, 0.25) is 5.91 Å². The summed E-state index contributed by atoms with van der Waals surface area (Å²) in [6, 6.07) is 8.17. The molecule has 104 valence electrons. The van der Waals surface area contributed by atoms with E-state index >= 15 is 0 Å². The molecule has 4 heteroatoms. The van der Waals surface area contributed by atoms with Crippen molar-refractivity contribution >= 4 is 5.91 Å². The van der Waals surface area contributed by atoms with Crippen LogP contribution in [0.3, 0.4) is 0 Å². The number of ether oxygens (including phenoxy) is 1. The predicted octanol–water partition coefficient (Wildman–Crippen LogP) is 1.33. The second kappa shape index (κ2) is 6.68. The van der Waals surface area contributed by atoms with Crippen LogP contribution in [-0.4, -0.2) is 36.6 Å². The second-order valence-corrected chi connectivity index (χ2v) is 4.92. The third-order valence-electron chi connectivity index (χ3n) is 3.63. The van der Waals surface area contributed by atoms with Gasteiger partial charge in [-0.3, -0.25) is 4.79 Å². The van der Waals surface area contributed by atoms with E-state index in [4.69, 9.17) is 10.5 Å². The Morgan fingerprint density at radius 1 is 1.37 bits per heavy atom. The summed E-state index contributed by atoms with van der Waals surface area (Å²) in [5.41, 5.74) is 7.70. The number of morpholine rings is 1. The summed E-state index contributed by atoms with van der Waals surface area (Å²) in [7, 11) is 0. The number of nitrogens with zero attached hydrogens (tertiary/aromatic N) is 1. The normalized spacial score (nSPS) is 19.5. The van der Waals surface area contributed by atoms with E-state index in [-0.39, 0.29) is 11.9 Å². The van der Waals surface area contributed by atoms with Crippen LogP contribution in [0.2, 0.25) is 0 Å². The van der Waals surface area contributed by atoms with Gasteiger partial charge in [-0.15, -0.1) is 0 Å². The number of carbonyl (C=O) groups is 1. The number of rotatable bonds is 4. The molecule has 1 heterocycles. The highest BCUT2D eigenvalue weighted by atomic mass is 16.5. The number of hydrogen-bond donors (Lipinski definition) is 1. The highest BCUT2D eigenvalue weighted by Gasteiger charge is 2.25. The van der Waals surface area contributed by atoms with Gasteiger partial charge in [0.25, 0.3) is 0 Å². The van der Waals surface area contributed by atoms with Crippen molar-refractivity contribution in [2.24, 2.45) is 5.73 Å². The molecule has 0 spiro atoms. The summed E-state index contributed by atoms with van der Waals surface area (Å²) in [5.74, 6) is 0.190. The molecule has 2 N–H and O–H groups in total. The molecular formula is C15H22N2O2. The Morgan fingerprint density at radius 3 is 2.68 bits per heavy atom. The van der Waals surface area contributed by atoms with Gasteiger partial charge in [-0.25, -0.2) is 0 Å². The van der Waals surface area contributed by atoms with Crippen LogP contribution in [0.15, 0.2) is 24.3 Å². The molecule has 1 amide bonds. The zero-order chi connectivity index (χ0) is 13.7.